The first kappa shape index (κ1) is 12.3. The number of imidazole rings is 1. The summed E-state index contributed by atoms with van der Waals surface area (Å²) in [6.07, 6.45) is 3.89. The summed E-state index contributed by atoms with van der Waals surface area (Å²) < 4.78 is 2.15. The van der Waals surface area contributed by atoms with Crippen molar-refractivity contribution in [2.75, 3.05) is 5.32 Å². The number of fused-ring (bicyclic) bond motifs is 2. The van der Waals surface area contributed by atoms with Crippen LogP contribution in [-0.4, -0.2) is 14.4 Å². The number of benzene rings is 1. The van der Waals surface area contributed by atoms with Crippen molar-refractivity contribution in [3.8, 4) is 0 Å². The third-order valence-corrected chi connectivity index (χ3v) is 4.41. The van der Waals surface area contributed by atoms with E-state index in [2.05, 4.69) is 50.3 Å². The van der Waals surface area contributed by atoms with Crippen LogP contribution in [0.3, 0.4) is 0 Å². The van der Waals surface area contributed by atoms with E-state index < -0.39 is 0 Å². The van der Waals surface area contributed by atoms with Crippen LogP contribution in [0, 0.1) is 6.92 Å². The number of hydrogen-bond donors (Lipinski definition) is 1. The Hall–Kier alpha value is -2.40. The molecule has 0 amide bonds. The molecule has 0 saturated carbocycles. The monoisotopic (exact) mass is 294 g/mol. The zero-order valence-electron chi connectivity index (χ0n) is 11.6. The second-order valence-corrected chi connectivity index (χ2v) is 5.80. The van der Waals surface area contributed by atoms with Crippen molar-refractivity contribution >= 4 is 32.9 Å². The molecule has 0 fully saturated rings. The van der Waals surface area contributed by atoms with Gasteiger partial charge in [0, 0.05) is 28.8 Å². The van der Waals surface area contributed by atoms with Crippen molar-refractivity contribution in [2.45, 2.75) is 13.5 Å². The summed E-state index contributed by atoms with van der Waals surface area (Å²) >= 11 is 1.66. The van der Waals surface area contributed by atoms with Crippen molar-refractivity contribution in [3.63, 3.8) is 0 Å². The normalized spacial score (nSPS) is 11.3. The number of thiazole rings is 1. The summed E-state index contributed by atoms with van der Waals surface area (Å²) in [5.41, 5.74) is 4.39. The van der Waals surface area contributed by atoms with Gasteiger partial charge in [0.1, 0.15) is 0 Å². The van der Waals surface area contributed by atoms with Crippen LogP contribution in [0.5, 0.6) is 0 Å². The summed E-state index contributed by atoms with van der Waals surface area (Å²) in [4.78, 5) is 10.0. The number of pyridine rings is 1. The Balaban J connectivity index is 1.69. The van der Waals surface area contributed by atoms with Crippen LogP contribution in [-0.2, 0) is 6.54 Å². The number of aryl methyl sites for hydroxylation is 1. The Kier molecular flexibility index (Phi) is 2.86. The van der Waals surface area contributed by atoms with Crippen LogP contribution >= 0.6 is 11.3 Å². The Morgan fingerprint density at radius 2 is 2.19 bits per heavy atom. The van der Waals surface area contributed by atoms with E-state index in [1.807, 2.05) is 24.4 Å². The second-order valence-electron chi connectivity index (χ2n) is 4.93. The number of nitrogens with one attached hydrogen (secondary N) is 1. The van der Waals surface area contributed by atoms with Crippen molar-refractivity contribution in [3.05, 3.63) is 59.5 Å². The average molecular weight is 294 g/mol. The molecule has 0 saturated heterocycles. The lowest BCUT2D eigenvalue weighted by Crippen LogP contribution is -2.04. The van der Waals surface area contributed by atoms with Crippen molar-refractivity contribution in [1.82, 2.24) is 14.4 Å². The van der Waals surface area contributed by atoms with E-state index in [1.54, 1.807) is 11.3 Å². The number of rotatable bonds is 3. The highest BCUT2D eigenvalue weighted by Gasteiger charge is 2.09. The third-order valence-electron chi connectivity index (χ3n) is 3.65. The minimum absolute atomic E-state index is 0.748. The van der Waals surface area contributed by atoms with Gasteiger partial charge in [-0.3, -0.25) is 9.38 Å². The molecule has 0 aliphatic rings. The Bertz CT molecular complexity index is 917. The molecule has 4 rings (SSSR count). The maximum Gasteiger partial charge on any atom is 0.194 e. The summed E-state index contributed by atoms with van der Waals surface area (Å²) in [5, 5.41) is 6.72. The van der Waals surface area contributed by atoms with E-state index in [-0.39, 0.29) is 0 Å². The molecule has 104 valence electrons. The fourth-order valence-corrected chi connectivity index (χ4v) is 3.37. The minimum Gasteiger partial charge on any atom is -0.379 e. The molecule has 5 heteroatoms. The van der Waals surface area contributed by atoms with Gasteiger partial charge in [0.05, 0.1) is 23.4 Å². The zero-order chi connectivity index (χ0) is 14.2. The lowest BCUT2D eigenvalue weighted by molar-refractivity contribution is 0.996. The van der Waals surface area contributed by atoms with Gasteiger partial charge in [-0.05, 0) is 31.2 Å². The number of hydrogen-bond acceptors (Lipinski definition) is 4. The van der Waals surface area contributed by atoms with Crippen LogP contribution in [0.1, 0.15) is 11.4 Å². The molecule has 0 aliphatic heterocycles. The SMILES string of the molecule is Cc1nc2sccn2c1CNc1cccc2ncccc12. The van der Waals surface area contributed by atoms with Gasteiger partial charge in [-0.1, -0.05) is 6.07 Å². The van der Waals surface area contributed by atoms with Gasteiger partial charge < -0.3 is 5.32 Å². The van der Waals surface area contributed by atoms with E-state index in [4.69, 9.17) is 0 Å². The van der Waals surface area contributed by atoms with Gasteiger partial charge in [0.15, 0.2) is 4.96 Å². The van der Waals surface area contributed by atoms with Gasteiger partial charge in [0.2, 0.25) is 0 Å². The fraction of sp³-hybridized carbons (Fsp3) is 0.125. The first-order valence-electron chi connectivity index (χ1n) is 6.81. The topological polar surface area (TPSA) is 42.2 Å². The van der Waals surface area contributed by atoms with Gasteiger partial charge in [-0.25, -0.2) is 4.98 Å². The molecule has 4 nitrogen and oxygen atoms in total. The Morgan fingerprint density at radius 1 is 1.24 bits per heavy atom. The van der Waals surface area contributed by atoms with Crippen LogP contribution in [0.25, 0.3) is 15.9 Å². The molecule has 21 heavy (non-hydrogen) atoms. The predicted molar refractivity (Wildman–Crippen MR) is 86.9 cm³/mol. The summed E-state index contributed by atoms with van der Waals surface area (Å²) in [6.45, 7) is 2.80. The lowest BCUT2D eigenvalue weighted by Gasteiger charge is -2.09. The highest BCUT2D eigenvalue weighted by molar-refractivity contribution is 7.15. The third kappa shape index (κ3) is 2.06. The Labute approximate surface area is 126 Å². The lowest BCUT2D eigenvalue weighted by atomic mass is 10.2. The van der Waals surface area contributed by atoms with Gasteiger partial charge in [-0.15, -0.1) is 11.3 Å². The van der Waals surface area contributed by atoms with E-state index in [1.165, 1.54) is 5.69 Å². The van der Waals surface area contributed by atoms with E-state index >= 15 is 0 Å². The van der Waals surface area contributed by atoms with Gasteiger partial charge in [0.25, 0.3) is 0 Å². The van der Waals surface area contributed by atoms with E-state index in [0.717, 1.165) is 33.8 Å². The van der Waals surface area contributed by atoms with Crippen LogP contribution in [0.4, 0.5) is 5.69 Å². The second kappa shape index (κ2) is 4.86. The number of anilines is 1. The standard InChI is InChI=1S/C16H14N4S/c1-11-15(20-8-9-21-16(20)19-11)10-18-14-6-2-5-13-12(14)4-3-7-17-13/h2-9,18H,10H2,1H3. The molecule has 0 atom stereocenters. The maximum atomic E-state index is 4.58. The van der Waals surface area contributed by atoms with E-state index in [9.17, 15) is 0 Å². The van der Waals surface area contributed by atoms with Gasteiger partial charge in [-0.2, -0.15) is 0 Å². The number of nitrogens with zero attached hydrogens (tertiary/aromatic N) is 3. The number of aromatic nitrogens is 3. The summed E-state index contributed by atoms with van der Waals surface area (Å²) in [7, 11) is 0. The molecule has 0 bridgehead atoms. The quantitative estimate of drug-likeness (QED) is 0.624. The molecule has 1 N–H and O–H groups in total. The van der Waals surface area contributed by atoms with Gasteiger partial charge >= 0.3 is 0 Å². The van der Waals surface area contributed by atoms with Crippen molar-refractivity contribution < 1.29 is 0 Å². The molecule has 0 radical (unpaired) electrons. The average Bonchev–Trinajstić information content (AvgIpc) is 3.06. The molecule has 0 spiro atoms. The molecule has 4 aromatic rings. The van der Waals surface area contributed by atoms with Crippen molar-refractivity contribution in [1.29, 1.82) is 0 Å². The molecule has 0 unspecified atom stereocenters. The molecular weight excluding hydrogens is 280 g/mol. The fourth-order valence-electron chi connectivity index (χ4n) is 2.59. The highest BCUT2D eigenvalue weighted by atomic mass is 32.1. The van der Waals surface area contributed by atoms with E-state index in [0.29, 0.717) is 0 Å². The highest BCUT2D eigenvalue weighted by Crippen LogP contribution is 2.23. The largest absolute Gasteiger partial charge is 0.379 e. The van der Waals surface area contributed by atoms with Crippen molar-refractivity contribution in [2.24, 2.45) is 0 Å². The summed E-state index contributed by atoms with van der Waals surface area (Å²) in [5.74, 6) is 0. The van der Waals surface area contributed by atoms with Crippen LogP contribution in [0.2, 0.25) is 0 Å². The smallest absolute Gasteiger partial charge is 0.194 e. The molecule has 0 aliphatic carbocycles. The first-order valence-corrected chi connectivity index (χ1v) is 7.69. The minimum atomic E-state index is 0.748. The maximum absolute atomic E-state index is 4.58. The molecule has 1 aromatic carbocycles. The molecule has 3 aromatic heterocycles. The van der Waals surface area contributed by atoms with Crippen LogP contribution < -0.4 is 5.32 Å². The van der Waals surface area contributed by atoms with Crippen LogP contribution in [0.15, 0.2) is 48.1 Å². The molecule has 3 heterocycles. The predicted octanol–water partition coefficient (Wildman–Crippen LogP) is 3.86. The molecular formula is C16H14N4S. The first-order chi connectivity index (χ1) is 10.3. The Morgan fingerprint density at radius 3 is 3.14 bits per heavy atom. The summed E-state index contributed by atoms with van der Waals surface area (Å²) in [6, 6.07) is 10.2. The zero-order valence-corrected chi connectivity index (χ0v) is 12.4.